The number of nitrogen functional groups attached to an aromatic ring is 1. The molecule has 0 aromatic heterocycles. The molecule has 0 saturated heterocycles. The average Bonchev–Trinajstić information content (AvgIpc) is 2.71. The van der Waals surface area contributed by atoms with Crippen LogP contribution in [0.2, 0.25) is 0 Å². The molecular weight excluding hydrogens is 246 g/mol. The maximum Gasteiger partial charge on any atom is 0.126 e. The van der Waals surface area contributed by atoms with Gasteiger partial charge in [-0.3, -0.25) is 4.90 Å². The molecule has 98 valence electrons. The molecule has 1 heterocycles. The monoisotopic (exact) mass is 260 g/mol. The van der Waals surface area contributed by atoms with Crippen LogP contribution in [0, 0.1) is 11.6 Å². The first kappa shape index (κ1) is 12.1. The van der Waals surface area contributed by atoms with E-state index in [0.717, 1.165) is 30.4 Å². The third-order valence-corrected chi connectivity index (χ3v) is 3.41. The second-order valence-corrected chi connectivity index (χ2v) is 4.91. The molecule has 2 aromatic carbocycles. The second kappa shape index (κ2) is 4.63. The molecule has 0 bridgehead atoms. The topological polar surface area (TPSA) is 29.3 Å². The third-order valence-electron chi connectivity index (χ3n) is 3.41. The summed E-state index contributed by atoms with van der Waals surface area (Å²) >= 11 is 0. The Bertz CT molecular complexity index is 605. The van der Waals surface area contributed by atoms with Crippen molar-refractivity contribution in [3.05, 3.63) is 64.7 Å². The Hall–Kier alpha value is -1.94. The van der Waals surface area contributed by atoms with Gasteiger partial charge in [-0.2, -0.15) is 0 Å². The first-order chi connectivity index (χ1) is 9.11. The van der Waals surface area contributed by atoms with E-state index in [1.165, 1.54) is 17.7 Å². The molecule has 1 aliphatic rings. The van der Waals surface area contributed by atoms with Crippen LogP contribution in [0.3, 0.4) is 0 Å². The van der Waals surface area contributed by atoms with Crippen molar-refractivity contribution in [3.8, 4) is 0 Å². The van der Waals surface area contributed by atoms with Gasteiger partial charge in [0.15, 0.2) is 0 Å². The van der Waals surface area contributed by atoms with Crippen LogP contribution >= 0.6 is 0 Å². The van der Waals surface area contributed by atoms with Crippen LogP contribution in [0.15, 0.2) is 36.4 Å². The molecule has 0 radical (unpaired) electrons. The molecule has 0 amide bonds. The largest absolute Gasteiger partial charge is 0.398 e. The number of anilines is 1. The number of fused-ring (bicyclic) bond motifs is 1. The summed E-state index contributed by atoms with van der Waals surface area (Å²) in [7, 11) is 0. The molecule has 1 aliphatic heterocycles. The zero-order valence-electron chi connectivity index (χ0n) is 10.4. The van der Waals surface area contributed by atoms with Gasteiger partial charge in [0.05, 0.1) is 0 Å². The highest BCUT2D eigenvalue weighted by Gasteiger charge is 2.20. The van der Waals surface area contributed by atoms with E-state index in [2.05, 4.69) is 4.90 Å². The van der Waals surface area contributed by atoms with Gasteiger partial charge in [-0.05, 0) is 34.9 Å². The zero-order valence-corrected chi connectivity index (χ0v) is 10.4. The average molecular weight is 260 g/mol. The normalized spacial score (nSPS) is 14.6. The first-order valence-electron chi connectivity index (χ1n) is 6.15. The number of hydrogen-bond acceptors (Lipinski definition) is 2. The fourth-order valence-corrected chi connectivity index (χ4v) is 2.59. The van der Waals surface area contributed by atoms with Crippen LogP contribution in [-0.4, -0.2) is 4.90 Å². The predicted molar refractivity (Wildman–Crippen MR) is 70.2 cm³/mol. The van der Waals surface area contributed by atoms with Gasteiger partial charge < -0.3 is 5.73 Å². The Morgan fingerprint density at radius 3 is 2.47 bits per heavy atom. The van der Waals surface area contributed by atoms with Crippen molar-refractivity contribution < 1.29 is 8.78 Å². The standard InChI is InChI=1S/C15H14F2N2/c16-12-4-10(5-13(17)6-12)7-19-8-11-2-1-3-15(18)14(11)9-19/h1-6H,7-9,18H2. The molecular formula is C15H14F2N2. The van der Waals surface area contributed by atoms with Crippen LogP contribution in [-0.2, 0) is 19.6 Å². The molecule has 0 atom stereocenters. The summed E-state index contributed by atoms with van der Waals surface area (Å²) in [6, 6.07) is 9.48. The number of hydrogen-bond donors (Lipinski definition) is 1. The summed E-state index contributed by atoms with van der Waals surface area (Å²) in [4.78, 5) is 2.12. The highest BCUT2D eigenvalue weighted by Crippen LogP contribution is 2.28. The van der Waals surface area contributed by atoms with E-state index in [9.17, 15) is 8.78 Å². The number of nitrogens with zero attached hydrogens (tertiary/aromatic N) is 1. The van der Waals surface area contributed by atoms with Gasteiger partial charge in [-0.25, -0.2) is 8.78 Å². The van der Waals surface area contributed by atoms with E-state index in [-0.39, 0.29) is 0 Å². The third kappa shape index (κ3) is 2.44. The van der Waals surface area contributed by atoms with Gasteiger partial charge in [0, 0.05) is 31.4 Å². The first-order valence-corrected chi connectivity index (χ1v) is 6.15. The Labute approximate surface area is 110 Å². The molecule has 2 nitrogen and oxygen atoms in total. The van der Waals surface area contributed by atoms with E-state index >= 15 is 0 Å². The highest BCUT2D eigenvalue weighted by atomic mass is 19.1. The zero-order chi connectivity index (χ0) is 13.4. The van der Waals surface area contributed by atoms with Crippen molar-refractivity contribution in [1.29, 1.82) is 0 Å². The Balaban J connectivity index is 1.79. The quantitative estimate of drug-likeness (QED) is 0.841. The van der Waals surface area contributed by atoms with Gasteiger partial charge in [-0.15, -0.1) is 0 Å². The minimum atomic E-state index is -0.536. The van der Waals surface area contributed by atoms with E-state index in [1.807, 2.05) is 18.2 Å². The van der Waals surface area contributed by atoms with Crippen molar-refractivity contribution in [2.45, 2.75) is 19.6 Å². The van der Waals surface area contributed by atoms with Crippen LogP contribution in [0.4, 0.5) is 14.5 Å². The van der Waals surface area contributed by atoms with Gasteiger partial charge in [0.2, 0.25) is 0 Å². The van der Waals surface area contributed by atoms with Crippen LogP contribution in [0.5, 0.6) is 0 Å². The minimum Gasteiger partial charge on any atom is -0.398 e. The summed E-state index contributed by atoms with van der Waals surface area (Å²) in [6.45, 7) is 2.00. The van der Waals surface area contributed by atoms with Crippen molar-refractivity contribution >= 4 is 5.69 Å². The van der Waals surface area contributed by atoms with Crippen molar-refractivity contribution in [3.63, 3.8) is 0 Å². The summed E-state index contributed by atoms with van der Waals surface area (Å²) < 4.78 is 26.3. The van der Waals surface area contributed by atoms with Crippen molar-refractivity contribution in [2.75, 3.05) is 5.73 Å². The predicted octanol–water partition coefficient (Wildman–Crippen LogP) is 3.06. The van der Waals surface area contributed by atoms with Gasteiger partial charge in [0.1, 0.15) is 11.6 Å². The smallest absolute Gasteiger partial charge is 0.126 e. The minimum absolute atomic E-state index is 0.517. The fraction of sp³-hybridized carbons (Fsp3) is 0.200. The van der Waals surface area contributed by atoms with E-state index in [1.54, 1.807) is 0 Å². The van der Waals surface area contributed by atoms with Gasteiger partial charge >= 0.3 is 0 Å². The maximum absolute atomic E-state index is 13.2. The molecule has 19 heavy (non-hydrogen) atoms. The van der Waals surface area contributed by atoms with Crippen LogP contribution in [0.25, 0.3) is 0 Å². The lowest BCUT2D eigenvalue weighted by Gasteiger charge is -2.15. The lowest BCUT2D eigenvalue weighted by molar-refractivity contribution is 0.275. The summed E-state index contributed by atoms with van der Waals surface area (Å²) in [6.07, 6.45) is 0. The van der Waals surface area contributed by atoms with E-state index in [0.29, 0.717) is 12.1 Å². The molecule has 2 aromatic rings. The van der Waals surface area contributed by atoms with Crippen LogP contribution in [0.1, 0.15) is 16.7 Å². The number of benzene rings is 2. The molecule has 3 rings (SSSR count). The Morgan fingerprint density at radius 1 is 1.05 bits per heavy atom. The second-order valence-electron chi connectivity index (χ2n) is 4.91. The Morgan fingerprint density at radius 2 is 1.79 bits per heavy atom. The van der Waals surface area contributed by atoms with Gasteiger partial charge in [-0.1, -0.05) is 12.1 Å². The summed E-state index contributed by atoms with van der Waals surface area (Å²) in [5.41, 5.74) is 9.67. The molecule has 0 spiro atoms. The van der Waals surface area contributed by atoms with Crippen molar-refractivity contribution in [2.24, 2.45) is 0 Å². The van der Waals surface area contributed by atoms with Crippen molar-refractivity contribution in [1.82, 2.24) is 4.90 Å². The fourth-order valence-electron chi connectivity index (χ4n) is 2.59. The van der Waals surface area contributed by atoms with E-state index in [4.69, 9.17) is 5.73 Å². The lowest BCUT2D eigenvalue weighted by atomic mass is 10.1. The SMILES string of the molecule is Nc1cccc2c1CN(Cc1cc(F)cc(F)c1)C2. The summed E-state index contributed by atoms with van der Waals surface area (Å²) in [5.74, 6) is -1.07. The summed E-state index contributed by atoms with van der Waals surface area (Å²) in [5, 5.41) is 0. The van der Waals surface area contributed by atoms with Gasteiger partial charge in [0.25, 0.3) is 0 Å². The number of nitrogens with two attached hydrogens (primary N) is 1. The molecule has 0 unspecified atom stereocenters. The molecule has 0 fully saturated rings. The lowest BCUT2D eigenvalue weighted by Crippen LogP contribution is -2.16. The van der Waals surface area contributed by atoms with Crippen LogP contribution < -0.4 is 5.73 Å². The molecule has 0 aliphatic carbocycles. The Kier molecular flexibility index (Phi) is 2.95. The number of halogens is 2. The molecule has 0 saturated carbocycles. The highest BCUT2D eigenvalue weighted by molar-refractivity contribution is 5.52. The molecule has 4 heteroatoms. The van der Waals surface area contributed by atoms with E-state index < -0.39 is 11.6 Å². The maximum atomic E-state index is 13.2. The number of rotatable bonds is 2. The molecule has 2 N–H and O–H groups in total.